The van der Waals surface area contributed by atoms with Gasteiger partial charge in [0.1, 0.15) is 17.5 Å². The fraction of sp³-hybridized carbons (Fsp3) is 0.333. The number of nitrogens with zero attached hydrogens (tertiary/aromatic N) is 5. The maximum absolute atomic E-state index is 15.4. The molecule has 0 unspecified atom stereocenters. The van der Waals surface area contributed by atoms with Gasteiger partial charge < -0.3 is 10.0 Å². The molecule has 0 saturated carbocycles. The number of halogens is 6. The third-order valence-corrected chi connectivity index (χ3v) is 9.76. The Balaban J connectivity index is 1.68. The standard InChI is InChI=1S/C30H25ClF5N5O3S/c1-14-10-39(11-15(2)41(14)29(43)44)27-19-6-20(30(34,35)36)24(18-7-21(31)23(33)8-22(18)32)26-25(19)40(28(42)38-27)12-17(13-45-26)16-4-3-5-37-9-16/h3-9,14-15,17H,10-13H2,1-2H3,(H,43,44)/t14-,15+,17-/m0/s1. The van der Waals surface area contributed by atoms with Crippen LogP contribution < -0.4 is 10.6 Å². The number of piperazine rings is 1. The van der Waals surface area contributed by atoms with Crippen molar-refractivity contribution in [3.8, 4) is 11.1 Å². The summed E-state index contributed by atoms with van der Waals surface area (Å²) in [7, 11) is 0. The lowest BCUT2D eigenvalue weighted by Gasteiger charge is -2.43. The molecule has 6 rings (SSSR count). The van der Waals surface area contributed by atoms with E-state index >= 15 is 4.39 Å². The molecule has 4 aromatic rings. The van der Waals surface area contributed by atoms with Gasteiger partial charge in [0.2, 0.25) is 0 Å². The second-order valence-electron chi connectivity index (χ2n) is 11.2. The minimum atomic E-state index is -5.01. The molecule has 1 N–H and O–H groups in total. The summed E-state index contributed by atoms with van der Waals surface area (Å²) in [6, 6.07) is 4.47. The lowest BCUT2D eigenvalue weighted by atomic mass is 9.95. The van der Waals surface area contributed by atoms with Crippen LogP contribution in [0.5, 0.6) is 0 Å². The molecule has 45 heavy (non-hydrogen) atoms. The van der Waals surface area contributed by atoms with Gasteiger partial charge in [-0.05, 0) is 37.6 Å². The molecule has 15 heteroatoms. The molecule has 8 nitrogen and oxygen atoms in total. The van der Waals surface area contributed by atoms with Crippen LogP contribution in [0.15, 0.2) is 52.4 Å². The molecule has 2 aromatic heterocycles. The third kappa shape index (κ3) is 5.47. The maximum Gasteiger partial charge on any atom is 0.417 e. The summed E-state index contributed by atoms with van der Waals surface area (Å²) in [4.78, 5) is 36.9. The summed E-state index contributed by atoms with van der Waals surface area (Å²) in [5.41, 5.74) is -2.22. The predicted molar refractivity (Wildman–Crippen MR) is 160 cm³/mol. The van der Waals surface area contributed by atoms with Crippen molar-refractivity contribution in [2.75, 3.05) is 23.7 Å². The number of anilines is 1. The van der Waals surface area contributed by atoms with E-state index in [1.807, 2.05) is 0 Å². The quantitative estimate of drug-likeness (QED) is 0.189. The summed E-state index contributed by atoms with van der Waals surface area (Å²) < 4.78 is 75.7. The SMILES string of the molecule is C[C@@H]1CN(c2nc(=O)n3c4c(c(-c5cc(Cl)c(F)cc5F)c(C(F)(F)F)cc24)SC[C@@H](c2cccnc2)C3)C[C@H](C)N1C(=O)O. The molecule has 236 valence electrons. The lowest BCUT2D eigenvalue weighted by molar-refractivity contribution is -0.137. The average molecular weight is 666 g/mol. The van der Waals surface area contributed by atoms with Crippen molar-refractivity contribution in [1.82, 2.24) is 19.4 Å². The van der Waals surface area contributed by atoms with E-state index in [0.717, 1.165) is 29.5 Å². The number of benzene rings is 2. The van der Waals surface area contributed by atoms with E-state index in [9.17, 15) is 32.3 Å². The molecule has 4 heterocycles. The monoisotopic (exact) mass is 665 g/mol. The number of hydrogen-bond donors (Lipinski definition) is 1. The van der Waals surface area contributed by atoms with Crippen molar-refractivity contribution >= 4 is 46.2 Å². The van der Waals surface area contributed by atoms with Gasteiger partial charge in [0, 0.05) is 71.2 Å². The zero-order valence-corrected chi connectivity index (χ0v) is 25.4. The fourth-order valence-electron chi connectivity index (χ4n) is 6.30. The molecule has 3 atom stereocenters. The highest BCUT2D eigenvalue weighted by atomic mass is 35.5. The summed E-state index contributed by atoms with van der Waals surface area (Å²) in [5, 5.41) is 9.11. The first-order chi connectivity index (χ1) is 21.3. The molecule has 0 radical (unpaired) electrons. The maximum atomic E-state index is 15.4. The van der Waals surface area contributed by atoms with Gasteiger partial charge in [-0.15, -0.1) is 11.8 Å². The van der Waals surface area contributed by atoms with Crippen molar-refractivity contribution in [2.45, 2.75) is 49.5 Å². The highest BCUT2D eigenvalue weighted by Crippen LogP contribution is 2.50. The van der Waals surface area contributed by atoms with Crippen LogP contribution in [0, 0.1) is 11.6 Å². The summed E-state index contributed by atoms with van der Waals surface area (Å²) >= 11 is 6.98. The Bertz CT molecular complexity index is 1880. The molecule has 1 fully saturated rings. The second-order valence-corrected chi connectivity index (χ2v) is 12.6. The summed E-state index contributed by atoms with van der Waals surface area (Å²) in [6.45, 7) is 3.50. The minimum Gasteiger partial charge on any atom is -0.465 e. The summed E-state index contributed by atoms with van der Waals surface area (Å²) in [6.07, 6.45) is -2.97. The average Bonchev–Trinajstić information content (AvgIpc) is 3.17. The van der Waals surface area contributed by atoms with Gasteiger partial charge >= 0.3 is 18.0 Å². The van der Waals surface area contributed by atoms with Crippen molar-refractivity contribution in [3.05, 3.63) is 81.0 Å². The Morgan fingerprint density at radius 2 is 1.80 bits per heavy atom. The zero-order chi connectivity index (χ0) is 32.4. The minimum absolute atomic E-state index is 0.00296. The van der Waals surface area contributed by atoms with E-state index in [2.05, 4.69) is 9.97 Å². The van der Waals surface area contributed by atoms with Crippen molar-refractivity contribution in [3.63, 3.8) is 0 Å². The first-order valence-electron chi connectivity index (χ1n) is 13.9. The molecular formula is C30H25ClF5N5O3S. The first-order valence-corrected chi connectivity index (χ1v) is 15.2. The van der Waals surface area contributed by atoms with E-state index < -0.39 is 63.4 Å². The Kier molecular flexibility index (Phi) is 7.92. The Labute approximate surface area is 262 Å². The lowest BCUT2D eigenvalue weighted by Crippen LogP contribution is -2.58. The molecule has 0 aliphatic carbocycles. The van der Waals surface area contributed by atoms with Crippen LogP contribution in [-0.2, 0) is 12.7 Å². The van der Waals surface area contributed by atoms with Gasteiger partial charge in [-0.1, -0.05) is 17.7 Å². The molecular weight excluding hydrogens is 641 g/mol. The Hall–Kier alpha value is -3.91. The van der Waals surface area contributed by atoms with Gasteiger partial charge in [-0.25, -0.2) is 18.4 Å². The van der Waals surface area contributed by atoms with E-state index in [1.54, 1.807) is 43.3 Å². The van der Waals surface area contributed by atoms with Crippen LogP contribution in [0.2, 0.25) is 5.02 Å². The number of carboxylic acid groups (broad SMARTS) is 1. The number of amides is 1. The molecule has 2 aromatic carbocycles. The van der Waals surface area contributed by atoms with Gasteiger partial charge in [-0.2, -0.15) is 18.2 Å². The largest absolute Gasteiger partial charge is 0.465 e. The van der Waals surface area contributed by atoms with Crippen LogP contribution >= 0.6 is 23.4 Å². The van der Waals surface area contributed by atoms with Crippen LogP contribution in [0.1, 0.15) is 30.9 Å². The number of aromatic nitrogens is 3. The van der Waals surface area contributed by atoms with Gasteiger partial charge in [0.05, 0.1) is 28.2 Å². The van der Waals surface area contributed by atoms with Crippen molar-refractivity contribution < 1.29 is 31.9 Å². The normalized spacial score (nSPS) is 20.4. The zero-order valence-electron chi connectivity index (χ0n) is 23.8. The molecule has 1 amide bonds. The number of pyridine rings is 1. The number of rotatable bonds is 3. The molecule has 0 bridgehead atoms. The summed E-state index contributed by atoms with van der Waals surface area (Å²) in [5.74, 6) is -2.59. The van der Waals surface area contributed by atoms with Crippen molar-refractivity contribution in [2.24, 2.45) is 0 Å². The predicted octanol–water partition coefficient (Wildman–Crippen LogP) is 6.88. The van der Waals surface area contributed by atoms with Gasteiger partial charge in [-0.3, -0.25) is 14.5 Å². The highest BCUT2D eigenvalue weighted by Gasteiger charge is 2.40. The fourth-order valence-corrected chi connectivity index (χ4v) is 7.85. The van der Waals surface area contributed by atoms with Crippen LogP contribution in [0.4, 0.5) is 32.6 Å². The first kappa shape index (κ1) is 31.1. The van der Waals surface area contributed by atoms with Gasteiger partial charge in [0.15, 0.2) is 0 Å². The molecule has 1 saturated heterocycles. The number of alkyl halides is 3. The smallest absolute Gasteiger partial charge is 0.417 e. The van der Waals surface area contributed by atoms with Crippen LogP contribution in [-0.4, -0.2) is 61.6 Å². The molecule has 0 spiro atoms. The number of hydrogen-bond acceptors (Lipinski definition) is 6. The second kappa shape index (κ2) is 11.5. The highest BCUT2D eigenvalue weighted by molar-refractivity contribution is 7.99. The van der Waals surface area contributed by atoms with Gasteiger partial charge in [0.25, 0.3) is 0 Å². The van der Waals surface area contributed by atoms with E-state index in [0.29, 0.717) is 6.07 Å². The molecule has 2 aliphatic rings. The molecule has 2 aliphatic heterocycles. The van der Waals surface area contributed by atoms with Crippen LogP contribution in [0.3, 0.4) is 0 Å². The number of thioether (sulfide) groups is 1. The van der Waals surface area contributed by atoms with Crippen LogP contribution in [0.25, 0.3) is 22.0 Å². The van der Waals surface area contributed by atoms with E-state index in [1.165, 1.54) is 9.47 Å². The number of carbonyl (C=O) groups is 1. The Morgan fingerprint density at radius 1 is 1.09 bits per heavy atom. The Morgan fingerprint density at radius 3 is 2.42 bits per heavy atom. The van der Waals surface area contributed by atoms with Crippen molar-refractivity contribution in [1.29, 1.82) is 0 Å². The van der Waals surface area contributed by atoms with E-state index in [4.69, 9.17) is 11.6 Å². The third-order valence-electron chi connectivity index (χ3n) is 8.21. The van der Waals surface area contributed by atoms with E-state index in [-0.39, 0.29) is 52.9 Å². The topological polar surface area (TPSA) is 91.6 Å².